The zero-order chi connectivity index (χ0) is 31.1. The number of hydrogen-bond acceptors (Lipinski definition) is 6. The summed E-state index contributed by atoms with van der Waals surface area (Å²) in [5.41, 5.74) is 3.02. The molecule has 4 aromatic rings. The minimum absolute atomic E-state index is 0.0248. The van der Waals surface area contributed by atoms with Crippen molar-refractivity contribution in [1.82, 2.24) is 9.88 Å². The predicted molar refractivity (Wildman–Crippen MR) is 174 cm³/mol. The SMILES string of the molecule is COc1ccc(NC(=O)C2(N(Cc3ccco3)C(=O)C[C@H]3[C@H](c4c(C)[nH]c5ccccc45)C3(C)C)CCSCC2)c(OC)c1. The van der Waals surface area contributed by atoms with Crippen LogP contribution in [0.4, 0.5) is 5.69 Å². The van der Waals surface area contributed by atoms with Gasteiger partial charge in [-0.15, -0.1) is 0 Å². The minimum Gasteiger partial charge on any atom is -0.497 e. The molecule has 2 aromatic heterocycles. The van der Waals surface area contributed by atoms with Gasteiger partial charge < -0.3 is 29.1 Å². The molecule has 9 heteroatoms. The first-order valence-electron chi connectivity index (χ1n) is 15.2. The Labute approximate surface area is 262 Å². The summed E-state index contributed by atoms with van der Waals surface area (Å²) < 4.78 is 16.7. The number of benzene rings is 2. The Morgan fingerprint density at radius 3 is 2.55 bits per heavy atom. The minimum atomic E-state index is -1.04. The quantitative estimate of drug-likeness (QED) is 0.197. The van der Waals surface area contributed by atoms with Crippen LogP contribution in [-0.2, 0) is 16.1 Å². The van der Waals surface area contributed by atoms with Gasteiger partial charge in [0.1, 0.15) is 22.8 Å². The number of ether oxygens (including phenoxy) is 2. The zero-order valence-electron chi connectivity index (χ0n) is 26.1. The fourth-order valence-electron chi connectivity index (χ4n) is 7.20. The van der Waals surface area contributed by atoms with E-state index in [0.29, 0.717) is 42.2 Å². The van der Waals surface area contributed by atoms with Crippen LogP contribution in [0, 0.1) is 18.3 Å². The second-order valence-corrected chi connectivity index (χ2v) is 13.8. The lowest BCUT2D eigenvalue weighted by Gasteiger charge is -2.44. The highest BCUT2D eigenvalue weighted by Crippen LogP contribution is 2.67. The van der Waals surface area contributed by atoms with E-state index in [4.69, 9.17) is 13.9 Å². The monoisotopic (exact) mass is 615 g/mol. The third-order valence-corrected chi connectivity index (χ3v) is 10.8. The topological polar surface area (TPSA) is 96.8 Å². The lowest BCUT2D eigenvalue weighted by molar-refractivity contribution is -0.148. The van der Waals surface area contributed by atoms with Crippen molar-refractivity contribution in [2.75, 3.05) is 31.0 Å². The first-order valence-corrected chi connectivity index (χ1v) is 16.4. The number of carbonyl (C=O) groups excluding carboxylic acids is 2. The van der Waals surface area contributed by atoms with Gasteiger partial charge in [0.2, 0.25) is 5.91 Å². The Balaban J connectivity index is 1.33. The number of nitrogens with one attached hydrogen (secondary N) is 2. The average molecular weight is 616 g/mol. The molecule has 6 rings (SSSR count). The Kier molecular flexibility index (Phi) is 8.18. The Morgan fingerprint density at radius 2 is 1.84 bits per heavy atom. The third kappa shape index (κ3) is 5.36. The first kappa shape index (κ1) is 30.2. The number of amides is 2. The predicted octanol–water partition coefficient (Wildman–Crippen LogP) is 7.15. The summed E-state index contributed by atoms with van der Waals surface area (Å²) in [7, 11) is 3.15. The fourth-order valence-corrected chi connectivity index (χ4v) is 8.37. The molecule has 0 unspecified atom stereocenters. The maximum atomic E-state index is 14.6. The lowest BCUT2D eigenvalue weighted by atomic mass is 9.87. The molecule has 44 heavy (non-hydrogen) atoms. The van der Waals surface area contributed by atoms with Crippen LogP contribution < -0.4 is 14.8 Å². The van der Waals surface area contributed by atoms with E-state index in [1.54, 1.807) is 38.7 Å². The molecule has 2 atom stereocenters. The molecular weight excluding hydrogens is 574 g/mol. The molecule has 0 spiro atoms. The molecule has 2 aromatic carbocycles. The van der Waals surface area contributed by atoms with Crippen molar-refractivity contribution in [2.45, 2.75) is 58.0 Å². The highest BCUT2D eigenvalue weighted by Gasteiger charge is 2.60. The van der Waals surface area contributed by atoms with Crippen LogP contribution in [0.5, 0.6) is 11.5 Å². The number of H-pyrrole nitrogens is 1. The van der Waals surface area contributed by atoms with Gasteiger partial charge in [-0.3, -0.25) is 9.59 Å². The number of methoxy groups -OCH3 is 2. The first-order chi connectivity index (χ1) is 21.2. The van der Waals surface area contributed by atoms with Crippen LogP contribution in [0.2, 0.25) is 0 Å². The normalized spacial score (nSPS) is 20.2. The van der Waals surface area contributed by atoms with E-state index < -0.39 is 5.54 Å². The molecule has 2 aliphatic rings. The van der Waals surface area contributed by atoms with Gasteiger partial charge in [0.05, 0.1) is 32.7 Å². The van der Waals surface area contributed by atoms with Crippen LogP contribution in [0.3, 0.4) is 0 Å². The van der Waals surface area contributed by atoms with Crippen LogP contribution in [0.15, 0.2) is 65.3 Å². The van der Waals surface area contributed by atoms with Crippen LogP contribution in [0.25, 0.3) is 10.9 Å². The van der Waals surface area contributed by atoms with E-state index in [-0.39, 0.29) is 35.6 Å². The number of para-hydroxylation sites is 1. The van der Waals surface area contributed by atoms with Gasteiger partial charge in [-0.2, -0.15) is 11.8 Å². The van der Waals surface area contributed by atoms with E-state index >= 15 is 0 Å². The average Bonchev–Trinajstić information content (AvgIpc) is 3.40. The van der Waals surface area contributed by atoms with Gasteiger partial charge in [-0.1, -0.05) is 32.0 Å². The number of nitrogens with zero attached hydrogens (tertiary/aromatic N) is 1. The van der Waals surface area contributed by atoms with Gasteiger partial charge in [0, 0.05) is 29.1 Å². The number of carbonyl (C=O) groups is 2. The summed E-state index contributed by atoms with van der Waals surface area (Å²) in [5, 5.41) is 4.35. The number of thioether (sulfide) groups is 1. The number of fused-ring (bicyclic) bond motifs is 1. The van der Waals surface area contributed by atoms with Gasteiger partial charge in [-0.25, -0.2) is 0 Å². The number of aromatic amines is 1. The maximum absolute atomic E-state index is 14.6. The molecule has 3 heterocycles. The van der Waals surface area contributed by atoms with Gasteiger partial charge in [0.15, 0.2) is 0 Å². The molecule has 2 N–H and O–H groups in total. The zero-order valence-corrected chi connectivity index (χ0v) is 26.9. The van der Waals surface area contributed by atoms with Crippen molar-refractivity contribution in [3.05, 3.63) is 77.9 Å². The van der Waals surface area contributed by atoms with Crippen molar-refractivity contribution in [1.29, 1.82) is 0 Å². The number of anilines is 1. The maximum Gasteiger partial charge on any atom is 0.250 e. The van der Waals surface area contributed by atoms with Crippen molar-refractivity contribution in [3.63, 3.8) is 0 Å². The van der Waals surface area contributed by atoms with Crippen LogP contribution in [-0.4, -0.2) is 53.0 Å². The number of aromatic nitrogens is 1. The second kappa shape index (κ2) is 11.9. The molecule has 2 fully saturated rings. The summed E-state index contributed by atoms with van der Waals surface area (Å²) in [5.74, 6) is 3.50. The van der Waals surface area contributed by atoms with Crippen LogP contribution in [0.1, 0.15) is 56.0 Å². The fraction of sp³-hybridized carbons (Fsp3) is 0.429. The van der Waals surface area contributed by atoms with E-state index in [2.05, 4.69) is 49.3 Å². The highest BCUT2D eigenvalue weighted by atomic mass is 32.2. The molecule has 2 amide bonds. The smallest absolute Gasteiger partial charge is 0.250 e. The lowest BCUT2D eigenvalue weighted by Crippen LogP contribution is -2.60. The van der Waals surface area contributed by atoms with E-state index in [9.17, 15) is 9.59 Å². The summed E-state index contributed by atoms with van der Waals surface area (Å²) in [6.45, 7) is 6.86. The summed E-state index contributed by atoms with van der Waals surface area (Å²) >= 11 is 1.81. The summed E-state index contributed by atoms with van der Waals surface area (Å²) in [6, 6.07) is 17.4. The summed E-state index contributed by atoms with van der Waals surface area (Å²) in [4.78, 5) is 34.4. The van der Waals surface area contributed by atoms with Crippen molar-refractivity contribution in [2.24, 2.45) is 11.3 Å². The van der Waals surface area contributed by atoms with Gasteiger partial charge >= 0.3 is 0 Å². The molecular formula is C35H41N3O5S. The van der Waals surface area contributed by atoms with E-state index in [1.807, 2.05) is 34.9 Å². The van der Waals surface area contributed by atoms with Gasteiger partial charge in [0.25, 0.3) is 5.91 Å². The number of hydrogen-bond donors (Lipinski definition) is 2. The number of rotatable bonds is 10. The molecule has 1 aliphatic carbocycles. The van der Waals surface area contributed by atoms with Crippen molar-refractivity contribution < 1.29 is 23.5 Å². The highest BCUT2D eigenvalue weighted by molar-refractivity contribution is 7.99. The largest absolute Gasteiger partial charge is 0.497 e. The van der Waals surface area contributed by atoms with Gasteiger partial charge in [-0.05, 0) is 84.4 Å². The second-order valence-electron chi connectivity index (χ2n) is 12.5. The molecule has 1 aliphatic heterocycles. The standard InChI is InChI=1S/C35H41N3O5S/c1-22-31(25-10-6-7-11-27(25)36-22)32-26(34(32,2)3)20-30(39)38(21-24-9-8-16-43-24)35(14-17-44-18-15-35)33(40)37-28-13-12-23(41-4)19-29(28)42-5/h6-13,16,19,26,32,36H,14-15,17-18,20-21H2,1-5H3,(H,37,40)/t26-,32+/m0/s1. The molecule has 0 bridgehead atoms. The number of furan rings is 1. The van der Waals surface area contributed by atoms with Crippen molar-refractivity contribution in [3.8, 4) is 11.5 Å². The third-order valence-electron chi connectivity index (χ3n) is 9.81. The molecule has 1 saturated heterocycles. The number of aryl methyl sites for hydroxylation is 1. The Bertz CT molecular complexity index is 1650. The Morgan fingerprint density at radius 1 is 1.07 bits per heavy atom. The Hall–Kier alpha value is -3.85. The van der Waals surface area contributed by atoms with E-state index in [0.717, 1.165) is 22.7 Å². The molecule has 8 nitrogen and oxygen atoms in total. The van der Waals surface area contributed by atoms with Crippen LogP contribution >= 0.6 is 11.8 Å². The van der Waals surface area contributed by atoms with Crippen molar-refractivity contribution >= 4 is 40.2 Å². The molecule has 1 saturated carbocycles. The molecule has 232 valence electrons. The molecule has 0 radical (unpaired) electrons. The summed E-state index contributed by atoms with van der Waals surface area (Å²) in [6.07, 6.45) is 3.07. The van der Waals surface area contributed by atoms with E-state index in [1.165, 1.54) is 10.9 Å².